The number of hydrogen-bond donors (Lipinski definition) is 3. The monoisotopic (exact) mass is 528 g/mol. The molecule has 1 saturated heterocycles. The van der Waals surface area contributed by atoms with Crippen molar-refractivity contribution < 1.29 is 24.3 Å². The summed E-state index contributed by atoms with van der Waals surface area (Å²) in [5.74, 6) is -1.73. The number of thioether (sulfide) groups is 2. The number of rotatable bonds is 9. The largest absolute Gasteiger partial charge is 0.477 e. The number of aliphatic carboxylic acids is 1. The lowest BCUT2D eigenvalue weighted by Gasteiger charge is -2.49. The molecule has 4 heterocycles. The molecule has 13 nitrogen and oxygen atoms in total. The van der Waals surface area contributed by atoms with Crippen LogP contribution in [0.2, 0.25) is 0 Å². The van der Waals surface area contributed by atoms with Gasteiger partial charge in [0, 0.05) is 23.0 Å². The topological polar surface area (TPSA) is 186 Å². The van der Waals surface area contributed by atoms with Crippen molar-refractivity contribution >= 4 is 75.0 Å². The highest BCUT2D eigenvalue weighted by Gasteiger charge is 2.54. The smallest absolute Gasteiger partial charge is 0.352 e. The number of carboxylic acids is 1. The molecule has 17 heteroatoms. The summed E-state index contributed by atoms with van der Waals surface area (Å²) >= 11 is 4.96. The Balaban J connectivity index is 1.49. The van der Waals surface area contributed by atoms with Crippen molar-refractivity contribution in [2.45, 2.75) is 22.7 Å². The number of carbonyl (C=O) groups excluding carboxylic acids is 2. The maximum absolute atomic E-state index is 12.9. The Hall–Kier alpha value is -2.76. The Bertz CT molecular complexity index is 1130. The van der Waals surface area contributed by atoms with Crippen molar-refractivity contribution in [1.29, 1.82) is 0 Å². The van der Waals surface area contributed by atoms with Gasteiger partial charge in [-0.15, -0.1) is 22.0 Å². The summed E-state index contributed by atoms with van der Waals surface area (Å²) in [5, 5.41) is 23.4. The zero-order chi connectivity index (χ0) is 23.5. The molecule has 0 bridgehead atoms. The summed E-state index contributed by atoms with van der Waals surface area (Å²) in [6.07, 6.45) is 0. The second-order valence-corrected chi connectivity index (χ2v) is 10.4. The fourth-order valence-electron chi connectivity index (χ4n) is 3.02. The van der Waals surface area contributed by atoms with Crippen molar-refractivity contribution in [2.24, 2.45) is 5.16 Å². The molecular formula is C16H16N8O5S4. The molecule has 1 unspecified atom stereocenters. The number of oxime groups is 1. The van der Waals surface area contributed by atoms with Crippen LogP contribution in [-0.2, 0) is 19.2 Å². The van der Waals surface area contributed by atoms with E-state index in [2.05, 4.69) is 30.0 Å². The molecule has 0 radical (unpaired) electrons. The van der Waals surface area contributed by atoms with Crippen molar-refractivity contribution in [2.75, 3.05) is 23.8 Å². The van der Waals surface area contributed by atoms with E-state index in [-0.39, 0.29) is 29.0 Å². The fraction of sp³-hybridized carbons (Fsp3) is 0.375. The zero-order valence-corrected chi connectivity index (χ0v) is 20.1. The van der Waals surface area contributed by atoms with Gasteiger partial charge < -0.3 is 21.0 Å². The first-order valence-electron chi connectivity index (χ1n) is 9.30. The van der Waals surface area contributed by atoms with Gasteiger partial charge in [0.15, 0.2) is 9.47 Å². The minimum Gasteiger partial charge on any atom is -0.477 e. The summed E-state index contributed by atoms with van der Waals surface area (Å²) in [4.78, 5) is 47.8. The van der Waals surface area contributed by atoms with Crippen LogP contribution in [0.25, 0.3) is 0 Å². The molecule has 2 aliphatic heterocycles. The first-order valence-corrected chi connectivity index (χ1v) is 13.0. The number of β-lactam (4-membered cyclic amide) rings is 1. The van der Waals surface area contributed by atoms with Gasteiger partial charge in [0.05, 0.1) is 0 Å². The molecule has 1 fully saturated rings. The number of nitrogens with one attached hydrogen (secondary N) is 1. The van der Waals surface area contributed by atoms with Crippen LogP contribution in [-0.4, -0.2) is 82.6 Å². The van der Waals surface area contributed by atoms with Gasteiger partial charge in [-0.05, 0) is 12.5 Å². The third kappa shape index (κ3) is 4.80. The van der Waals surface area contributed by atoms with Crippen LogP contribution in [0.15, 0.2) is 26.3 Å². The van der Waals surface area contributed by atoms with Gasteiger partial charge in [0.1, 0.15) is 29.2 Å². The maximum atomic E-state index is 12.9. The van der Waals surface area contributed by atoms with Crippen LogP contribution in [0.5, 0.6) is 0 Å². The molecule has 0 saturated carbocycles. The van der Waals surface area contributed by atoms with Crippen LogP contribution in [0.3, 0.4) is 0 Å². The summed E-state index contributed by atoms with van der Waals surface area (Å²) in [6, 6.07) is -0.933. The number of anilines is 1. The summed E-state index contributed by atoms with van der Waals surface area (Å²) in [6.45, 7) is 1.89. The lowest BCUT2D eigenvalue weighted by atomic mass is 10.0. The molecule has 33 heavy (non-hydrogen) atoms. The Labute approximate surface area is 203 Å². The molecule has 4 N–H and O–H groups in total. The maximum Gasteiger partial charge on any atom is 0.352 e. The minimum atomic E-state index is -1.20. The van der Waals surface area contributed by atoms with Gasteiger partial charge in [-0.25, -0.2) is 4.79 Å². The van der Waals surface area contributed by atoms with E-state index in [0.29, 0.717) is 21.4 Å². The molecule has 4 rings (SSSR count). The van der Waals surface area contributed by atoms with Gasteiger partial charge in [0.25, 0.3) is 11.8 Å². The molecule has 2 aromatic heterocycles. The van der Waals surface area contributed by atoms with E-state index in [0.717, 1.165) is 11.5 Å². The number of carbonyl (C=O) groups is 3. The van der Waals surface area contributed by atoms with Crippen molar-refractivity contribution in [3.8, 4) is 0 Å². The Morgan fingerprint density at radius 2 is 2.30 bits per heavy atom. The Kier molecular flexibility index (Phi) is 7.11. The van der Waals surface area contributed by atoms with Crippen molar-refractivity contribution in [1.82, 2.24) is 29.8 Å². The predicted octanol–water partition coefficient (Wildman–Crippen LogP) is 0.243. The lowest BCUT2D eigenvalue weighted by molar-refractivity contribution is -0.150. The molecule has 2 atom stereocenters. The molecule has 2 amide bonds. The van der Waals surface area contributed by atoms with Crippen LogP contribution in [0, 0.1) is 0 Å². The number of amides is 2. The second kappa shape index (κ2) is 10.0. The van der Waals surface area contributed by atoms with Crippen molar-refractivity contribution in [3.63, 3.8) is 0 Å². The second-order valence-electron chi connectivity index (χ2n) is 6.43. The highest BCUT2D eigenvalue weighted by molar-refractivity contribution is 8.01. The number of nitrogen functional groups attached to an aromatic ring is 1. The van der Waals surface area contributed by atoms with E-state index in [1.54, 1.807) is 12.4 Å². The van der Waals surface area contributed by atoms with Gasteiger partial charge in [-0.3, -0.25) is 14.5 Å². The molecule has 0 spiro atoms. The molecule has 174 valence electrons. The number of hydrogen-bond acceptors (Lipinski definition) is 14. The van der Waals surface area contributed by atoms with Crippen LogP contribution >= 0.6 is 46.4 Å². The summed E-state index contributed by atoms with van der Waals surface area (Å²) in [5.41, 5.74) is 7.49. The van der Waals surface area contributed by atoms with Crippen LogP contribution in [0.1, 0.15) is 12.7 Å². The van der Waals surface area contributed by atoms with E-state index in [1.807, 2.05) is 0 Å². The van der Waals surface area contributed by atoms with Gasteiger partial charge >= 0.3 is 5.97 Å². The first-order chi connectivity index (χ1) is 15.9. The average molecular weight is 529 g/mol. The molecule has 2 aromatic rings. The Morgan fingerprint density at radius 1 is 1.48 bits per heavy atom. The summed E-state index contributed by atoms with van der Waals surface area (Å²) in [7, 11) is 0. The van der Waals surface area contributed by atoms with Crippen LogP contribution in [0.4, 0.5) is 5.13 Å². The summed E-state index contributed by atoms with van der Waals surface area (Å²) < 4.78 is 4.67. The quantitative estimate of drug-likeness (QED) is 0.174. The van der Waals surface area contributed by atoms with E-state index >= 15 is 0 Å². The van der Waals surface area contributed by atoms with Crippen LogP contribution < -0.4 is 11.1 Å². The van der Waals surface area contributed by atoms with E-state index < -0.39 is 29.2 Å². The van der Waals surface area contributed by atoms with Crippen molar-refractivity contribution in [3.05, 3.63) is 22.6 Å². The van der Waals surface area contributed by atoms with E-state index in [9.17, 15) is 19.5 Å². The van der Waals surface area contributed by atoms with Gasteiger partial charge in [-0.2, -0.15) is 9.36 Å². The highest BCUT2D eigenvalue weighted by Crippen LogP contribution is 2.41. The Morgan fingerprint density at radius 3 is 2.94 bits per heavy atom. The van der Waals surface area contributed by atoms with Gasteiger partial charge in [-0.1, -0.05) is 28.3 Å². The molecule has 0 aromatic carbocycles. The molecule has 0 aliphatic carbocycles. The normalized spacial score (nSPS) is 20.3. The van der Waals surface area contributed by atoms with E-state index in [4.69, 9.17) is 10.6 Å². The number of carboxylic acid groups (broad SMARTS) is 1. The number of nitrogens with two attached hydrogens (primary N) is 1. The number of fused-ring (bicyclic) bond motifs is 1. The number of nitrogens with zero attached hydrogens (tertiary/aromatic N) is 6. The fourth-order valence-corrected chi connectivity index (χ4v) is 6.43. The standard InChI is InChI=1S/C16H16N8O5S4/c1-2-29-22-7(10-20-15(17)33-23-10)11(25)19-8-12(26)24-9(14(27)28)6(3-30-13(8)24)4-31-16-21-18-5-32-16/h5,8,13H,2-4H2,1H3,(H,19,25)(H,27,28)(H2,17,20,23)/b22-7-/t8?,13-/m1/s1. The zero-order valence-electron chi connectivity index (χ0n) is 16.8. The van der Waals surface area contributed by atoms with Gasteiger partial charge in [0.2, 0.25) is 11.5 Å². The third-order valence-electron chi connectivity index (χ3n) is 4.40. The highest BCUT2D eigenvalue weighted by atomic mass is 32.2. The SMILES string of the molecule is CCO/N=C(\C(=O)NC1C(=O)N2C(C(=O)O)=C(CSc3nncs3)CS[C@H]12)c1nsc(N)n1. The average Bonchev–Trinajstić information content (AvgIpc) is 3.47. The third-order valence-corrected chi connectivity index (χ3v) is 8.23. The van der Waals surface area contributed by atoms with E-state index in [1.165, 1.54) is 39.8 Å². The molecular weight excluding hydrogens is 512 g/mol. The number of aromatic nitrogens is 4. The minimum absolute atomic E-state index is 0.0227. The predicted molar refractivity (Wildman–Crippen MR) is 123 cm³/mol. The molecule has 2 aliphatic rings. The lowest BCUT2D eigenvalue weighted by Crippen LogP contribution is -2.71. The first kappa shape index (κ1) is 23.4.